The number of hydrogen-bond donors (Lipinski definition) is 1. The Morgan fingerprint density at radius 3 is 2.63 bits per heavy atom. The zero-order valence-corrected chi connectivity index (χ0v) is 19.5. The smallest absolute Gasteiger partial charge is 0.416 e. The number of rotatable bonds is 4. The van der Waals surface area contributed by atoms with Gasteiger partial charge in [0.05, 0.1) is 17.9 Å². The molecule has 2 aromatic heterocycles. The quantitative estimate of drug-likeness (QED) is 0.247. The SMILES string of the molecule is Cn1nccc1-c1cccc(C(F)(F)F)c1.Fc1ccnc(NSc2ccc3c(c2)OCCC3)c1. The van der Waals surface area contributed by atoms with E-state index in [9.17, 15) is 17.6 Å². The molecule has 0 fully saturated rings. The Balaban J connectivity index is 0.000000168. The van der Waals surface area contributed by atoms with E-state index >= 15 is 0 Å². The molecule has 0 atom stereocenters. The van der Waals surface area contributed by atoms with E-state index in [4.69, 9.17) is 4.74 Å². The summed E-state index contributed by atoms with van der Waals surface area (Å²) < 4.78 is 60.6. The highest BCUT2D eigenvalue weighted by Crippen LogP contribution is 2.32. The van der Waals surface area contributed by atoms with Crippen LogP contribution in [-0.4, -0.2) is 21.4 Å². The number of benzene rings is 2. The molecule has 0 bridgehead atoms. The van der Waals surface area contributed by atoms with Crippen LogP contribution in [0.5, 0.6) is 5.75 Å². The van der Waals surface area contributed by atoms with Gasteiger partial charge >= 0.3 is 6.18 Å². The molecule has 1 aliphatic rings. The summed E-state index contributed by atoms with van der Waals surface area (Å²) in [7, 11) is 1.69. The van der Waals surface area contributed by atoms with Crippen LogP contribution in [0.25, 0.3) is 11.3 Å². The number of alkyl halides is 3. The number of ether oxygens (including phenoxy) is 1. The van der Waals surface area contributed by atoms with E-state index in [1.807, 2.05) is 12.1 Å². The van der Waals surface area contributed by atoms with E-state index in [1.54, 1.807) is 25.4 Å². The van der Waals surface area contributed by atoms with E-state index in [2.05, 4.69) is 20.9 Å². The Morgan fingerprint density at radius 1 is 1.03 bits per heavy atom. The highest BCUT2D eigenvalue weighted by molar-refractivity contribution is 8.00. The largest absolute Gasteiger partial charge is 0.493 e. The van der Waals surface area contributed by atoms with Crippen LogP contribution in [0.2, 0.25) is 0 Å². The summed E-state index contributed by atoms with van der Waals surface area (Å²) in [6, 6.07) is 15.7. The summed E-state index contributed by atoms with van der Waals surface area (Å²) in [5.41, 5.74) is 1.77. The Labute approximate surface area is 204 Å². The van der Waals surface area contributed by atoms with E-state index in [1.165, 1.54) is 46.6 Å². The van der Waals surface area contributed by atoms with Crippen molar-refractivity contribution in [2.45, 2.75) is 23.9 Å². The highest BCUT2D eigenvalue weighted by atomic mass is 32.2. The zero-order chi connectivity index (χ0) is 24.8. The summed E-state index contributed by atoms with van der Waals surface area (Å²) in [6.45, 7) is 0.778. The van der Waals surface area contributed by atoms with Gasteiger partial charge in [0.1, 0.15) is 17.4 Å². The fourth-order valence-electron chi connectivity index (χ4n) is 3.47. The van der Waals surface area contributed by atoms with Crippen molar-refractivity contribution in [3.05, 3.63) is 90.0 Å². The van der Waals surface area contributed by atoms with Crippen LogP contribution in [-0.2, 0) is 19.6 Å². The fourth-order valence-corrected chi connectivity index (χ4v) is 4.10. The van der Waals surface area contributed by atoms with Crippen LogP contribution in [0.4, 0.5) is 23.4 Å². The van der Waals surface area contributed by atoms with Gasteiger partial charge < -0.3 is 9.46 Å². The molecule has 5 rings (SSSR count). The van der Waals surface area contributed by atoms with Crippen molar-refractivity contribution in [1.29, 1.82) is 0 Å². The van der Waals surface area contributed by atoms with Gasteiger partial charge in [-0.15, -0.1) is 0 Å². The van der Waals surface area contributed by atoms with Crippen molar-refractivity contribution in [1.82, 2.24) is 14.8 Å². The number of aromatic nitrogens is 3. The first-order valence-corrected chi connectivity index (χ1v) is 11.6. The summed E-state index contributed by atoms with van der Waals surface area (Å²) in [4.78, 5) is 5.06. The maximum absolute atomic E-state index is 13.0. The van der Waals surface area contributed by atoms with E-state index in [-0.39, 0.29) is 5.82 Å². The van der Waals surface area contributed by atoms with Gasteiger partial charge in [-0.3, -0.25) is 4.68 Å². The second kappa shape index (κ2) is 10.8. The molecule has 0 saturated carbocycles. The first-order valence-electron chi connectivity index (χ1n) is 10.8. The normalized spacial score (nSPS) is 12.7. The average Bonchev–Trinajstić information content (AvgIpc) is 3.28. The van der Waals surface area contributed by atoms with Crippen LogP contribution in [0.3, 0.4) is 0 Å². The first kappa shape index (κ1) is 24.6. The second-order valence-electron chi connectivity index (χ2n) is 7.70. The monoisotopic (exact) mass is 502 g/mol. The topological polar surface area (TPSA) is 52.0 Å². The van der Waals surface area contributed by atoms with Gasteiger partial charge in [-0.05, 0) is 66.8 Å². The van der Waals surface area contributed by atoms with Crippen molar-refractivity contribution >= 4 is 17.8 Å². The van der Waals surface area contributed by atoms with Crippen LogP contribution >= 0.6 is 11.9 Å². The van der Waals surface area contributed by atoms with Crippen molar-refractivity contribution in [3.63, 3.8) is 0 Å². The molecule has 0 aliphatic carbocycles. The standard InChI is InChI=1S/C14H13FN2OS.C11H9F3N2/c15-11-5-6-16-14(8-11)17-19-12-4-3-10-2-1-7-18-13(10)9-12;1-16-10(5-6-15-16)8-3-2-4-9(7-8)11(12,13)14/h3-6,8-9H,1-2,7H2,(H,16,17);2-7H,1H3. The number of halogens is 4. The van der Waals surface area contributed by atoms with Crippen LogP contribution < -0.4 is 9.46 Å². The molecule has 10 heteroatoms. The fraction of sp³-hybridized carbons (Fsp3) is 0.200. The van der Waals surface area contributed by atoms with Gasteiger partial charge in [-0.2, -0.15) is 18.3 Å². The molecule has 2 aromatic carbocycles. The number of fused-ring (bicyclic) bond motifs is 1. The minimum atomic E-state index is -4.31. The lowest BCUT2D eigenvalue weighted by Crippen LogP contribution is -2.08. The molecule has 0 saturated heterocycles. The van der Waals surface area contributed by atoms with E-state index < -0.39 is 11.7 Å². The summed E-state index contributed by atoms with van der Waals surface area (Å²) in [5.74, 6) is 1.15. The number of hydrogen-bond acceptors (Lipinski definition) is 5. The molecule has 1 N–H and O–H groups in total. The van der Waals surface area contributed by atoms with Crippen LogP contribution in [0.15, 0.2) is 78.0 Å². The van der Waals surface area contributed by atoms with Gasteiger partial charge in [0.25, 0.3) is 0 Å². The molecule has 1 aliphatic heterocycles. The summed E-state index contributed by atoms with van der Waals surface area (Å²) in [6.07, 6.45) is 0.822. The first-order chi connectivity index (χ1) is 16.8. The average molecular weight is 503 g/mol. The van der Waals surface area contributed by atoms with Crippen molar-refractivity contribution in [2.24, 2.45) is 7.05 Å². The molecule has 4 aromatic rings. The predicted molar refractivity (Wildman–Crippen MR) is 128 cm³/mol. The highest BCUT2D eigenvalue weighted by Gasteiger charge is 2.30. The molecule has 5 nitrogen and oxygen atoms in total. The van der Waals surface area contributed by atoms with E-state index in [0.717, 1.165) is 42.2 Å². The molecule has 0 spiro atoms. The second-order valence-corrected chi connectivity index (χ2v) is 8.58. The van der Waals surface area contributed by atoms with Gasteiger partial charge in [0.2, 0.25) is 0 Å². The third-order valence-corrected chi connectivity index (χ3v) is 5.99. The lowest BCUT2D eigenvalue weighted by atomic mass is 10.1. The van der Waals surface area contributed by atoms with Gasteiger partial charge in [-0.25, -0.2) is 9.37 Å². The van der Waals surface area contributed by atoms with Crippen molar-refractivity contribution < 1.29 is 22.3 Å². The van der Waals surface area contributed by atoms with Crippen molar-refractivity contribution in [2.75, 3.05) is 11.3 Å². The molecule has 0 amide bonds. The van der Waals surface area contributed by atoms with Gasteiger partial charge in [0.15, 0.2) is 0 Å². The molecule has 3 heterocycles. The van der Waals surface area contributed by atoms with E-state index in [0.29, 0.717) is 17.1 Å². The number of anilines is 1. The number of nitrogens with one attached hydrogen (secondary N) is 1. The number of aryl methyl sites for hydroxylation is 2. The Morgan fingerprint density at radius 2 is 1.89 bits per heavy atom. The Kier molecular flexibility index (Phi) is 7.60. The molecule has 0 radical (unpaired) electrons. The lowest BCUT2D eigenvalue weighted by molar-refractivity contribution is -0.137. The molecular weight excluding hydrogens is 480 g/mol. The summed E-state index contributed by atoms with van der Waals surface area (Å²) >= 11 is 1.40. The molecular formula is C25H22F4N4OS. The van der Waals surface area contributed by atoms with Gasteiger partial charge in [0, 0.05) is 36.0 Å². The third-order valence-electron chi connectivity index (χ3n) is 5.19. The maximum Gasteiger partial charge on any atom is 0.416 e. The number of nitrogens with zero attached hydrogens (tertiary/aromatic N) is 3. The van der Waals surface area contributed by atoms with Crippen molar-refractivity contribution in [3.8, 4) is 17.0 Å². The molecule has 35 heavy (non-hydrogen) atoms. The zero-order valence-electron chi connectivity index (χ0n) is 18.7. The minimum absolute atomic E-state index is 0.299. The van der Waals surface area contributed by atoms with Crippen LogP contribution in [0.1, 0.15) is 17.5 Å². The lowest BCUT2D eigenvalue weighted by Gasteiger charge is -2.17. The minimum Gasteiger partial charge on any atom is -0.493 e. The Hall–Kier alpha value is -3.53. The maximum atomic E-state index is 13.0. The summed E-state index contributed by atoms with van der Waals surface area (Å²) in [5, 5.41) is 3.92. The molecule has 182 valence electrons. The number of pyridine rings is 1. The predicted octanol–water partition coefficient (Wildman–Crippen LogP) is 6.77. The third kappa shape index (κ3) is 6.54. The molecule has 0 unspecified atom stereocenters. The van der Waals surface area contributed by atoms with Gasteiger partial charge in [-0.1, -0.05) is 18.2 Å². The Bertz CT molecular complexity index is 1290. The van der Waals surface area contributed by atoms with Crippen LogP contribution in [0, 0.1) is 5.82 Å².